The molecule has 0 spiro atoms. The monoisotopic (exact) mass is 385 g/mol. The predicted molar refractivity (Wildman–Crippen MR) is 115 cm³/mol. The molecule has 5 rings (SSSR count). The van der Waals surface area contributed by atoms with Crippen LogP contribution in [0.5, 0.6) is 0 Å². The van der Waals surface area contributed by atoms with Crippen molar-refractivity contribution >= 4 is 11.4 Å². The summed E-state index contributed by atoms with van der Waals surface area (Å²) in [7, 11) is 0. The van der Waals surface area contributed by atoms with Gasteiger partial charge in [0.2, 0.25) is 0 Å². The van der Waals surface area contributed by atoms with E-state index < -0.39 is 0 Å². The van der Waals surface area contributed by atoms with Gasteiger partial charge in [-0.15, -0.1) is 0 Å². The lowest BCUT2D eigenvalue weighted by atomic mass is 10.0. The molecular weight excluding hydrogens is 362 g/mol. The third-order valence-electron chi connectivity index (χ3n) is 6.06. The molecular formula is C24H23N3O2. The van der Waals surface area contributed by atoms with Gasteiger partial charge in [0.15, 0.2) is 0 Å². The Labute approximate surface area is 170 Å². The maximum absolute atomic E-state index is 10.8. The van der Waals surface area contributed by atoms with Crippen LogP contribution in [-0.2, 0) is 13.0 Å². The van der Waals surface area contributed by atoms with E-state index in [2.05, 4.69) is 52.3 Å². The van der Waals surface area contributed by atoms with E-state index in [-0.39, 0.29) is 10.6 Å². The van der Waals surface area contributed by atoms with Gasteiger partial charge in [-0.25, -0.2) is 0 Å². The third-order valence-corrected chi connectivity index (χ3v) is 6.06. The maximum Gasteiger partial charge on any atom is 0.269 e. The normalized spacial score (nSPS) is 15.8. The minimum Gasteiger partial charge on any atom is -0.369 e. The number of piperazine rings is 1. The van der Waals surface area contributed by atoms with Crippen LogP contribution < -0.4 is 4.90 Å². The van der Waals surface area contributed by atoms with Gasteiger partial charge in [-0.05, 0) is 46.4 Å². The molecule has 0 radical (unpaired) electrons. The fourth-order valence-corrected chi connectivity index (χ4v) is 4.50. The minimum atomic E-state index is -0.350. The van der Waals surface area contributed by atoms with Gasteiger partial charge in [-0.1, -0.05) is 42.5 Å². The fraction of sp³-hybridized carbons (Fsp3) is 0.250. The van der Waals surface area contributed by atoms with E-state index in [0.29, 0.717) is 0 Å². The Hall–Kier alpha value is -3.18. The van der Waals surface area contributed by atoms with Crippen molar-refractivity contribution in [2.75, 3.05) is 31.1 Å². The number of rotatable bonds is 4. The fourth-order valence-electron chi connectivity index (χ4n) is 4.50. The van der Waals surface area contributed by atoms with Crippen LogP contribution in [0.1, 0.15) is 16.7 Å². The number of hydrogen-bond acceptors (Lipinski definition) is 4. The second kappa shape index (κ2) is 7.33. The highest BCUT2D eigenvalue weighted by Crippen LogP contribution is 2.36. The van der Waals surface area contributed by atoms with Gasteiger partial charge in [0, 0.05) is 50.5 Å². The van der Waals surface area contributed by atoms with Crippen molar-refractivity contribution in [1.82, 2.24) is 4.90 Å². The second-order valence-electron chi connectivity index (χ2n) is 7.86. The van der Waals surface area contributed by atoms with Crippen molar-refractivity contribution in [3.05, 3.63) is 93.5 Å². The highest BCUT2D eigenvalue weighted by Gasteiger charge is 2.21. The first-order valence-corrected chi connectivity index (χ1v) is 10.1. The summed E-state index contributed by atoms with van der Waals surface area (Å²) in [6.45, 7) is 4.84. The van der Waals surface area contributed by atoms with Crippen molar-refractivity contribution in [3.8, 4) is 11.1 Å². The van der Waals surface area contributed by atoms with E-state index in [1.807, 2.05) is 12.1 Å². The van der Waals surface area contributed by atoms with Gasteiger partial charge in [0.25, 0.3) is 5.69 Å². The first kappa shape index (κ1) is 17.9. The lowest BCUT2D eigenvalue weighted by Crippen LogP contribution is -2.45. The van der Waals surface area contributed by atoms with Gasteiger partial charge in [-0.3, -0.25) is 15.0 Å². The molecule has 1 aliphatic heterocycles. The standard InChI is InChI=1S/C24H23N3O2/c28-27(29)22-8-6-21(7-9-22)26-13-11-25(12-14-26)17-18-5-10-24-20(15-18)16-19-3-1-2-4-23(19)24/h1-10,15H,11-14,16-17H2. The quantitative estimate of drug-likeness (QED) is 0.384. The van der Waals surface area contributed by atoms with Crippen molar-refractivity contribution < 1.29 is 4.92 Å². The molecule has 5 nitrogen and oxygen atoms in total. The topological polar surface area (TPSA) is 49.6 Å². The van der Waals surface area contributed by atoms with Crippen molar-refractivity contribution in [2.24, 2.45) is 0 Å². The lowest BCUT2D eigenvalue weighted by molar-refractivity contribution is -0.384. The molecule has 2 aliphatic rings. The average molecular weight is 385 g/mol. The first-order chi connectivity index (χ1) is 14.2. The summed E-state index contributed by atoms with van der Waals surface area (Å²) in [5, 5.41) is 10.8. The van der Waals surface area contributed by atoms with Crippen LogP contribution in [0.15, 0.2) is 66.7 Å². The molecule has 3 aromatic rings. The molecule has 0 N–H and O–H groups in total. The summed E-state index contributed by atoms with van der Waals surface area (Å²) in [5.74, 6) is 0. The molecule has 0 saturated carbocycles. The van der Waals surface area contributed by atoms with Gasteiger partial charge < -0.3 is 4.90 Å². The molecule has 5 heteroatoms. The Morgan fingerprint density at radius 3 is 2.31 bits per heavy atom. The largest absolute Gasteiger partial charge is 0.369 e. The molecule has 0 bridgehead atoms. The molecule has 0 aromatic heterocycles. The summed E-state index contributed by atoms with van der Waals surface area (Å²) in [5.41, 5.74) is 8.21. The maximum atomic E-state index is 10.8. The molecule has 3 aromatic carbocycles. The van der Waals surface area contributed by atoms with E-state index in [4.69, 9.17) is 0 Å². The number of anilines is 1. The second-order valence-corrected chi connectivity index (χ2v) is 7.86. The van der Waals surface area contributed by atoms with Crippen LogP contribution in [0.3, 0.4) is 0 Å². The van der Waals surface area contributed by atoms with Crippen molar-refractivity contribution in [1.29, 1.82) is 0 Å². The molecule has 146 valence electrons. The summed E-state index contributed by atoms with van der Waals surface area (Å²) in [6.07, 6.45) is 1.03. The Morgan fingerprint density at radius 2 is 1.55 bits per heavy atom. The number of benzene rings is 3. The molecule has 1 aliphatic carbocycles. The van der Waals surface area contributed by atoms with E-state index in [0.717, 1.165) is 44.8 Å². The lowest BCUT2D eigenvalue weighted by Gasteiger charge is -2.36. The van der Waals surface area contributed by atoms with Crippen LogP contribution in [-0.4, -0.2) is 36.0 Å². The van der Waals surface area contributed by atoms with Gasteiger partial charge in [0.1, 0.15) is 0 Å². The number of hydrogen-bond donors (Lipinski definition) is 0. The number of fused-ring (bicyclic) bond motifs is 3. The molecule has 1 saturated heterocycles. The molecule has 0 amide bonds. The Kier molecular flexibility index (Phi) is 4.52. The van der Waals surface area contributed by atoms with Gasteiger partial charge in [0.05, 0.1) is 4.92 Å². The van der Waals surface area contributed by atoms with E-state index >= 15 is 0 Å². The molecule has 0 atom stereocenters. The zero-order valence-electron chi connectivity index (χ0n) is 16.3. The van der Waals surface area contributed by atoms with Crippen LogP contribution >= 0.6 is 0 Å². The van der Waals surface area contributed by atoms with Crippen molar-refractivity contribution in [3.63, 3.8) is 0 Å². The summed E-state index contributed by atoms with van der Waals surface area (Å²) >= 11 is 0. The molecule has 29 heavy (non-hydrogen) atoms. The summed E-state index contributed by atoms with van der Waals surface area (Å²) in [4.78, 5) is 15.3. The minimum absolute atomic E-state index is 0.145. The summed E-state index contributed by atoms with van der Waals surface area (Å²) < 4.78 is 0. The van der Waals surface area contributed by atoms with Gasteiger partial charge in [-0.2, -0.15) is 0 Å². The molecule has 1 heterocycles. The van der Waals surface area contributed by atoms with Crippen LogP contribution in [0, 0.1) is 10.1 Å². The van der Waals surface area contributed by atoms with Crippen LogP contribution in [0.4, 0.5) is 11.4 Å². The Morgan fingerprint density at radius 1 is 0.828 bits per heavy atom. The number of nitro benzene ring substituents is 1. The van der Waals surface area contributed by atoms with E-state index in [1.165, 1.54) is 27.8 Å². The average Bonchev–Trinajstić information content (AvgIpc) is 3.12. The Bertz CT molecular complexity index is 1050. The highest BCUT2D eigenvalue weighted by molar-refractivity contribution is 5.76. The summed E-state index contributed by atoms with van der Waals surface area (Å²) in [6, 6.07) is 22.5. The highest BCUT2D eigenvalue weighted by atomic mass is 16.6. The third kappa shape index (κ3) is 3.49. The predicted octanol–water partition coefficient (Wildman–Crippen LogP) is 4.49. The van der Waals surface area contributed by atoms with Crippen LogP contribution in [0.25, 0.3) is 11.1 Å². The van der Waals surface area contributed by atoms with Crippen molar-refractivity contribution in [2.45, 2.75) is 13.0 Å². The number of non-ortho nitro benzene ring substituents is 1. The first-order valence-electron chi connectivity index (χ1n) is 10.1. The molecule has 0 unspecified atom stereocenters. The zero-order chi connectivity index (χ0) is 19.8. The number of nitro groups is 1. The van der Waals surface area contributed by atoms with E-state index in [1.54, 1.807) is 12.1 Å². The van der Waals surface area contributed by atoms with E-state index in [9.17, 15) is 10.1 Å². The Balaban J connectivity index is 1.21. The van der Waals surface area contributed by atoms with Crippen LogP contribution in [0.2, 0.25) is 0 Å². The zero-order valence-corrected chi connectivity index (χ0v) is 16.3. The smallest absolute Gasteiger partial charge is 0.269 e. The SMILES string of the molecule is O=[N+]([O-])c1ccc(N2CCN(Cc3ccc4c(c3)Cc3ccccc3-4)CC2)cc1. The van der Waals surface area contributed by atoms with Gasteiger partial charge >= 0.3 is 0 Å². The molecule has 1 fully saturated rings. The number of nitrogens with zero attached hydrogens (tertiary/aromatic N) is 3.